The maximum Gasteiger partial charge on any atom is 0.261 e. The molecule has 1 amide bonds. The summed E-state index contributed by atoms with van der Waals surface area (Å²) in [5.41, 5.74) is 2.26. The smallest absolute Gasteiger partial charge is 0.261 e. The number of rotatable bonds is 8. The third-order valence-corrected chi connectivity index (χ3v) is 5.76. The van der Waals surface area contributed by atoms with Crippen molar-refractivity contribution in [1.29, 1.82) is 0 Å². The number of hydrogen-bond donors (Lipinski definition) is 1. The number of hydrogen-bond acceptors (Lipinski definition) is 4. The average molecular weight is 384 g/mol. The number of thiophene rings is 1. The lowest BCUT2D eigenvalue weighted by atomic mass is 10.1. The van der Waals surface area contributed by atoms with E-state index in [1.165, 1.54) is 15.6 Å². The van der Waals surface area contributed by atoms with Crippen molar-refractivity contribution in [2.75, 3.05) is 20.8 Å². The molecule has 0 atom stereocenters. The molecular weight excluding hydrogens is 358 g/mol. The molecule has 4 nitrogen and oxygen atoms in total. The fourth-order valence-electron chi connectivity index (χ4n) is 3.22. The Labute approximate surface area is 164 Å². The third kappa shape index (κ3) is 4.25. The third-order valence-electron chi connectivity index (χ3n) is 4.55. The number of carbonyl (C=O) groups excluding carboxylic acids is 1. The molecule has 0 saturated heterocycles. The summed E-state index contributed by atoms with van der Waals surface area (Å²) >= 11 is 1.58. The molecule has 142 valence electrons. The molecule has 0 fully saturated rings. The zero-order chi connectivity index (χ0) is 19.2. The largest absolute Gasteiger partial charge is 0.493 e. The van der Waals surface area contributed by atoms with Gasteiger partial charge in [-0.05, 0) is 47.6 Å². The van der Waals surface area contributed by atoms with Crippen LogP contribution in [-0.2, 0) is 12.8 Å². The Kier molecular flexibility index (Phi) is 6.35. The number of nitrogens with one attached hydrogen (secondary N) is 1. The van der Waals surface area contributed by atoms with E-state index in [0.717, 1.165) is 29.7 Å². The number of methoxy groups -OCH3 is 2. The summed E-state index contributed by atoms with van der Waals surface area (Å²) in [5.74, 6) is 1.43. The summed E-state index contributed by atoms with van der Waals surface area (Å²) in [6.07, 6.45) is 2.68. The first kappa shape index (κ1) is 19.2. The molecule has 0 aliphatic rings. The van der Waals surface area contributed by atoms with Gasteiger partial charge in [-0.25, -0.2) is 0 Å². The van der Waals surface area contributed by atoms with E-state index in [1.807, 2.05) is 30.3 Å². The molecule has 0 aliphatic carbocycles. The second-order valence-electron chi connectivity index (χ2n) is 6.35. The number of benzene rings is 2. The Morgan fingerprint density at radius 1 is 1.04 bits per heavy atom. The van der Waals surface area contributed by atoms with Gasteiger partial charge >= 0.3 is 0 Å². The molecule has 1 heterocycles. The molecule has 0 aliphatic heterocycles. The van der Waals surface area contributed by atoms with E-state index in [0.29, 0.717) is 18.0 Å². The monoisotopic (exact) mass is 383 g/mol. The van der Waals surface area contributed by atoms with Gasteiger partial charge in [-0.2, -0.15) is 0 Å². The van der Waals surface area contributed by atoms with Crippen LogP contribution in [-0.4, -0.2) is 26.7 Å². The predicted molar refractivity (Wildman–Crippen MR) is 111 cm³/mol. The van der Waals surface area contributed by atoms with Crippen LogP contribution in [0.15, 0.2) is 42.5 Å². The predicted octanol–water partition coefficient (Wildman–Crippen LogP) is 4.84. The van der Waals surface area contributed by atoms with Crippen LogP contribution in [0.25, 0.3) is 10.1 Å². The fraction of sp³-hybridized carbons (Fsp3) is 0.318. The van der Waals surface area contributed by atoms with E-state index in [2.05, 4.69) is 24.4 Å². The highest BCUT2D eigenvalue weighted by atomic mass is 32.1. The lowest BCUT2D eigenvalue weighted by Crippen LogP contribution is -2.25. The van der Waals surface area contributed by atoms with Gasteiger partial charge < -0.3 is 14.8 Å². The molecule has 1 N–H and O–H groups in total. The van der Waals surface area contributed by atoms with Crippen LogP contribution >= 0.6 is 11.3 Å². The molecule has 0 bridgehead atoms. The molecule has 0 saturated carbocycles. The summed E-state index contributed by atoms with van der Waals surface area (Å²) < 4.78 is 11.8. The van der Waals surface area contributed by atoms with Gasteiger partial charge in [-0.1, -0.05) is 37.6 Å². The Bertz CT molecular complexity index is 932. The molecule has 3 rings (SSSR count). The van der Waals surface area contributed by atoms with Gasteiger partial charge in [0, 0.05) is 11.2 Å². The standard InChI is InChI=1S/C22H25NO3S/c1-4-7-17-16-8-5-6-9-20(16)27-21(17)22(24)23-13-12-15-10-11-18(25-2)19(14-15)26-3/h5-6,8-11,14H,4,7,12-13H2,1-3H3,(H,23,24). The number of carbonyl (C=O) groups is 1. The first-order valence-electron chi connectivity index (χ1n) is 9.17. The van der Waals surface area contributed by atoms with Gasteiger partial charge in [-0.3, -0.25) is 4.79 Å². The quantitative estimate of drug-likeness (QED) is 0.605. The van der Waals surface area contributed by atoms with Crippen LogP contribution in [0.2, 0.25) is 0 Å². The van der Waals surface area contributed by atoms with Crippen molar-refractivity contribution in [2.24, 2.45) is 0 Å². The van der Waals surface area contributed by atoms with Gasteiger partial charge in [0.05, 0.1) is 19.1 Å². The topological polar surface area (TPSA) is 47.6 Å². The van der Waals surface area contributed by atoms with Crippen molar-refractivity contribution in [3.8, 4) is 11.5 Å². The number of fused-ring (bicyclic) bond motifs is 1. The highest BCUT2D eigenvalue weighted by Gasteiger charge is 2.17. The minimum Gasteiger partial charge on any atom is -0.493 e. The zero-order valence-electron chi connectivity index (χ0n) is 16.0. The van der Waals surface area contributed by atoms with Crippen molar-refractivity contribution in [2.45, 2.75) is 26.2 Å². The van der Waals surface area contributed by atoms with Gasteiger partial charge in [0.1, 0.15) is 0 Å². The van der Waals surface area contributed by atoms with Crippen molar-refractivity contribution >= 4 is 27.3 Å². The van der Waals surface area contributed by atoms with E-state index in [-0.39, 0.29) is 5.91 Å². The van der Waals surface area contributed by atoms with Gasteiger partial charge in [0.25, 0.3) is 5.91 Å². The maximum atomic E-state index is 12.8. The molecular formula is C22H25NO3S. The number of amides is 1. The lowest BCUT2D eigenvalue weighted by Gasteiger charge is -2.10. The molecule has 27 heavy (non-hydrogen) atoms. The van der Waals surface area contributed by atoms with E-state index in [1.54, 1.807) is 25.6 Å². The zero-order valence-corrected chi connectivity index (χ0v) is 16.8. The summed E-state index contributed by atoms with van der Waals surface area (Å²) in [6.45, 7) is 2.72. The highest BCUT2D eigenvalue weighted by Crippen LogP contribution is 2.32. The van der Waals surface area contributed by atoms with Crippen molar-refractivity contribution < 1.29 is 14.3 Å². The molecule has 0 spiro atoms. The number of aryl methyl sites for hydroxylation is 1. The SMILES string of the molecule is CCCc1c(C(=O)NCCc2ccc(OC)c(OC)c2)sc2ccccc12. The Morgan fingerprint density at radius 2 is 1.81 bits per heavy atom. The van der Waals surface area contributed by atoms with E-state index >= 15 is 0 Å². The van der Waals surface area contributed by atoms with Crippen LogP contribution in [0.5, 0.6) is 11.5 Å². The minimum absolute atomic E-state index is 0.0140. The summed E-state index contributed by atoms with van der Waals surface area (Å²) in [5, 5.41) is 4.28. The first-order chi connectivity index (χ1) is 13.2. The summed E-state index contributed by atoms with van der Waals surface area (Å²) in [6, 6.07) is 14.1. The minimum atomic E-state index is 0.0140. The van der Waals surface area contributed by atoms with Gasteiger partial charge in [0.15, 0.2) is 11.5 Å². The second kappa shape index (κ2) is 8.91. The second-order valence-corrected chi connectivity index (χ2v) is 7.40. The first-order valence-corrected chi connectivity index (χ1v) is 9.99. The lowest BCUT2D eigenvalue weighted by molar-refractivity contribution is 0.0957. The molecule has 2 aromatic carbocycles. The Morgan fingerprint density at radius 3 is 2.56 bits per heavy atom. The summed E-state index contributed by atoms with van der Waals surface area (Å²) in [4.78, 5) is 13.6. The molecule has 0 radical (unpaired) electrons. The van der Waals surface area contributed by atoms with E-state index in [9.17, 15) is 4.79 Å². The molecule has 1 aromatic heterocycles. The van der Waals surface area contributed by atoms with Crippen LogP contribution in [0.1, 0.15) is 34.1 Å². The van der Waals surface area contributed by atoms with Crippen LogP contribution in [0, 0.1) is 0 Å². The number of ether oxygens (including phenoxy) is 2. The van der Waals surface area contributed by atoms with Crippen LogP contribution < -0.4 is 14.8 Å². The van der Waals surface area contributed by atoms with Crippen LogP contribution in [0.4, 0.5) is 0 Å². The average Bonchev–Trinajstić information content (AvgIpc) is 3.07. The highest BCUT2D eigenvalue weighted by molar-refractivity contribution is 7.21. The fourth-order valence-corrected chi connectivity index (χ4v) is 4.39. The summed E-state index contributed by atoms with van der Waals surface area (Å²) in [7, 11) is 3.25. The molecule has 0 unspecified atom stereocenters. The van der Waals surface area contributed by atoms with Crippen molar-refractivity contribution in [1.82, 2.24) is 5.32 Å². The van der Waals surface area contributed by atoms with Crippen molar-refractivity contribution in [3.63, 3.8) is 0 Å². The van der Waals surface area contributed by atoms with E-state index < -0.39 is 0 Å². The Balaban J connectivity index is 1.69. The van der Waals surface area contributed by atoms with Gasteiger partial charge in [-0.15, -0.1) is 11.3 Å². The molecule has 5 heteroatoms. The Hall–Kier alpha value is -2.53. The molecule has 3 aromatic rings. The van der Waals surface area contributed by atoms with E-state index in [4.69, 9.17) is 9.47 Å². The van der Waals surface area contributed by atoms with Crippen molar-refractivity contribution in [3.05, 3.63) is 58.5 Å². The normalized spacial score (nSPS) is 10.8. The van der Waals surface area contributed by atoms with Gasteiger partial charge in [0.2, 0.25) is 0 Å². The van der Waals surface area contributed by atoms with Crippen LogP contribution in [0.3, 0.4) is 0 Å². The maximum absolute atomic E-state index is 12.8.